The van der Waals surface area contributed by atoms with Gasteiger partial charge < -0.3 is 5.32 Å². The quantitative estimate of drug-likeness (QED) is 0.889. The molecule has 98 valence electrons. The molecule has 1 N–H and O–H groups in total. The highest BCUT2D eigenvalue weighted by atomic mass is 15.0. The highest BCUT2D eigenvalue weighted by Gasteiger charge is 2.26. The minimum Gasteiger partial charge on any atom is -0.363 e. The molecule has 19 heavy (non-hydrogen) atoms. The molecule has 1 heterocycles. The Bertz CT molecular complexity index is 580. The lowest BCUT2D eigenvalue weighted by Crippen LogP contribution is -2.25. The Balaban J connectivity index is 1.91. The van der Waals surface area contributed by atoms with Gasteiger partial charge in [-0.1, -0.05) is 31.2 Å². The molecular formula is C16H19N3. The van der Waals surface area contributed by atoms with Crippen LogP contribution in [0.2, 0.25) is 0 Å². The Labute approximate surface area is 114 Å². The van der Waals surface area contributed by atoms with Gasteiger partial charge in [0.25, 0.3) is 0 Å². The van der Waals surface area contributed by atoms with E-state index >= 15 is 0 Å². The van der Waals surface area contributed by atoms with Gasteiger partial charge in [-0.25, -0.2) is 9.97 Å². The Morgan fingerprint density at radius 3 is 2.89 bits per heavy atom. The third kappa shape index (κ3) is 2.46. The molecule has 2 aromatic rings. The van der Waals surface area contributed by atoms with Crippen molar-refractivity contribution in [1.29, 1.82) is 0 Å². The monoisotopic (exact) mass is 253 g/mol. The van der Waals surface area contributed by atoms with E-state index in [2.05, 4.69) is 46.5 Å². The molecule has 1 aliphatic rings. The number of nitrogens with one attached hydrogen (secondary N) is 1. The predicted octanol–water partition coefficient (Wildman–Crippen LogP) is 3.52. The van der Waals surface area contributed by atoms with Crippen molar-refractivity contribution in [3.05, 3.63) is 53.5 Å². The zero-order chi connectivity index (χ0) is 13.2. The number of hydrogen-bond acceptors (Lipinski definition) is 3. The molecule has 0 saturated heterocycles. The summed E-state index contributed by atoms with van der Waals surface area (Å²) < 4.78 is 0. The number of benzene rings is 1. The van der Waals surface area contributed by atoms with E-state index in [0.717, 1.165) is 11.5 Å². The minimum atomic E-state index is 0.347. The molecule has 0 radical (unpaired) electrons. The van der Waals surface area contributed by atoms with E-state index in [9.17, 15) is 0 Å². The second kappa shape index (κ2) is 5.00. The summed E-state index contributed by atoms with van der Waals surface area (Å²) in [5.41, 5.74) is 3.87. The Kier molecular flexibility index (Phi) is 3.20. The standard InChI is InChI=1S/C16H19N3/c1-11-7-8-13-5-3-4-6-14(13)16(11)19-15-9-12(2)17-10-18-15/h3-6,9-11,16H,7-8H2,1-2H3,(H,17,18,19). The number of anilines is 1. The molecule has 0 spiro atoms. The van der Waals surface area contributed by atoms with Crippen molar-refractivity contribution in [3.63, 3.8) is 0 Å². The van der Waals surface area contributed by atoms with E-state index in [1.165, 1.54) is 24.0 Å². The first-order valence-corrected chi connectivity index (χ1v) is 6.87. The Hall–Kier alpha value is -1.90. The van der Waals surface area contributed by atoms with Crippen LogP contribution in [0, 0.1) is 12.8 Å². The van der Waals surface area contributed by atoms with Gasteiger partial charge >= 0.3 is 0 Å². The number of nitrogens with zero attached hydrogens (tertiary/aromatic N) is 2. The van der Waals surface area contributed by atoms with Gasteiger partial charge in [-0.05, 0) is 36.8 Å². The molecule has 2 unspecified atom stereocenters. The SMILES string of the molecule is Cc1cc(NC2c3ccccc3CCC2C)ncn1. The molecule has 1 aromatic carbocycles. The van der Waals surface area contributed by atoms with Gasteiger partial charge in [0.15, 0.2) is 0 Å². The van der Waals surface area contributed by atoms with Crippen LogP contribution in [0.4, 0.5) is 5.82 Å². The van der Waals surface area contributed by atoms with E-state index < -0.39 is 0 Å². The highest BCUT2D eigenvalue weighted by molar-refractivity contribution is 5.42. The fourth-order valence-electron chi connectivity index (χ4n) is 2.83. The van der Waals surface area contributed by atoms with Crippen LogP contribution in [0.1, 0.15) is 36.2 Å². The fourth-order valence-corrected chi connectivity index (χ4v) is 2.83. The summed E-state index contributed by atoms with van der Waals surface area (Å²) in [6, 6.07) is 11.1. The van der Waals surface area contributed by atoms with Crippen molar-refractivity contribution in [3.8, 4) is 0 Å². The largest absolute Gasteiger partial charge is 0.363 e. The first-order valence-electron chi connectivity index (χ1n) is 6.87. The molecule has 0 bridgehead atoms. The van der Waals surface area contributed by atoms with E-state index in [4.69, 9.17) is 0 Å². The summed E-state index contributed by atoms with van der Waals surface area (Å²) in [6.07, 6.45) is 4.02. The number of rotatable bonds is 2. The Morgan fingerprint density at radius 1 is 1.21 bits per heavy atom. The van der Waals surface area contributed by atoms with Gasteiger partial charge in [-0.15, -0.1) is 0 Å². The lowest BCUT2D eigenvalue weighted by atomic mass is 9.81. The van der Waals surface area contributed by atoms with Gasteiger partial charge in [-0.3, -0.25) is 0 Å². The Morgan fingerprint density at radius 2 is 2.05 bits per heavy atom. The van der Waals surface area contributed by atoms with Crippen molar-refractivity contribution >= 4 is 5.82 Å². The van der Waals surface area contributed by atoms with E-state index in [1.807, 2.05) is 13.0 Å². The number of hydrogen-bond donors (Lipinski definition) is 1. The smallest absolute Gasteiger partial charge is 0.130 e. The molecule has 0 aliphatic heterocycles. The fraction of sp³-hybridized carbons (Fsp3) is 0.375. The average Bonchev–Trinajstić information content (AvgIpc) is 2.42. The van der Waals surface area contributed by atoms with Crippen LogP contribution in [-0.2, 0) is 6.42 Å². The summed E-state index contributed by atoms with van der Waals surface area (Å²) in [5.74, 6) is 1.53. The van der Waals surface area contributed by atoms with Crippen molar-refractivity contribution in [1.82, 2.24) is 9.97 Å². The van der Waals surface area contributed by atoms with Gasteiger partial charge in [0, 0.05) is 11.8 Å². The van der Waals surface area contributed by atoms with Crippen LogP contribution in [0.15, 0.2) is 36.7 Å². The van der Waals surface area contributed by atoms with Crippen LogP contribution in [0.25, 0.3) is 0 Å². The maximum atomic E-state index is 4.32. The summed E-state index contributed by atoms with van der Waals surface area (Å²) in [7, 11) is 0. The van der Waals surface area contributed by atoms with Crippen molar-refractivity contribution < 1.29 is 0 Å². The normalized spacial score (nSPS) is 21.8. The maximum Gasteiger partial charge on any atom is 0.130 e. The zero-order valence-corrected chi connectivity index (χ0v) is 11.4. The molecule has 1 aromatic heterocycles. The van der Waals surface area contributed by atoms with Crippen LogP contribution < -0.4 is 5.32 Å². The van der Waals surface area contributed by atoms with Gasteiger partial charge in [0.1, 0.15) is 12.1 Å². The summed E-state index contributed by atoms with van der Waals surface area (Å²) in [6.45, 7) is 4.30. The zero-order valence-electron chi connectivity index (χ0n) is 11.4. The van der Waals surface area contributed by atoms with Gasteiger partial charge in [0.05, 0.1) is 6.04 Å². The summed E-state index contributed by atoms with van der Waals surface area (Å²) >= 11 is 0. The lowest BCUT2D eigenvalue weighted by Gasteiger charge is -2.32. The maximum absolute atomic E-state index is 4.32. The molecule has 3 rings (SSSR count). The minimum absolute atomic E-state index is 0.347. The van der Waals surface area contributed by atoms with Crippen LogP contribution in [0.3, 0.4) is 0 Å². The number of fused-ring (bicyclic) bond motifs is 1. The summed E-state index contributed by atoms with van der Waals surface area (Å²) in [5, 5.41) is 3.58. The highest BCUT2D eigenvalue weighted by Crippen LogP contribution is 2.36. The van der Waals surface area contributed by atoms with Gasteiger partial charge in [0.2, 0.25) is 0 Å². The average molecular weight is 253 g/mol. The van der Waals surface area contributed by atoms with E-state index in [-0.39, 0.29) is 0 Å². The first-order chi connectivity index (χ1) is 9.24. The molecule has 2 atom stereocenters. The van der Waals surface area contributed by atoms with Crippen LogP contribution in [0.5, 0.6) is 0 Å². The predicted molar refractivity (Wildman–Crippen MR) is 77.1 cm³/mol. The number of aryl methyl sites for hydroxylation is 2. The van der Waals surface area contributed by atoms with Crippen molar-refractivity contribution in [2.24, 2.45) is 5.92 Å². The molecule has 0 amide bonds. The molecule has 0 saturated carbocycles. The van der Waals surface area contributed by atoms with E-state index in [1.54, 1.807) is 6.33 Å². The third-order valence-electron chi connectivity index (χ3n) is 3.94. The second-order valence-electron chi connectivity index (χ2n) is 5.38. The second-order valence-corrected chi connectivity index (χ2v) is 5.38. The summed E-state index contributed by atoms with van der Waals surface area (Å²) in [4.78, 5) is 8.46. The van der Waals surface area contributed by atoms with Crippen molar-refractivity contribution in [2.45, 2.75) is 32.7 Å². The van der Waals surface area contributed by atoms with Gasteiger partial charge in [-0.2, -0.15) is 0 Å². The molecule has 3 nitrogen and oxygen atoms in total. The van der Waals surface area contributed by atoms with Crippen molar-refractivity contribution in [2.75, 3.05) is 5.32 Å². The molecule has 1 aliphatic carbocycles. The first kappa shape index (κ1) is 12.2. The molecular weight excluding hydrogens is 234 g/mol. The third-order valence-corrected chi connectivity index (χ3v) is 3.94. The topological polar surface area (TPSA) is 37.8 Å². The lowest BCUT2D eigenvalue weighted by molar-refractivity contribution is 0.433. The van der Waals surface area contributed by atoms with Crippen LogP contribution in [-0.4, -0.2) is 9.97 Å². The number of aromatic nitrogens is 2. The molecule has 0 fully saturated rings. The van der Waals surface area contributed by atoms with Crippen LogP contribution >= 0.6 is 0 Å². The van der Waals surface area contributed by atoms with E-state index in [0.29, 0.717) is 12.0 Å². The molecule has 3 heteroatoms.